The first-order valence-corrected chi connectivity index (χ1v) is 10.3. The summed E-state index contributed by atoms with van der Waals surface area (Å²) in [6.07, 6.45) is 3.27. The quantitative estimate of drug-likeness (QED) is 0.702. The number of hydrogen-bond donors (Lipinski definition) is 0. The number of carbonyl (C=O) groups is 1. The minimum absolute atomic E-state index is 0.0315. The van der Waals surface area contributed by atoms with Gasteiger partial charge in [-0.05, 0) is 30.9 Å². The summed E-state index contributed by atoms with van der Waals surface area (Å²) in [4.78, 5) is 17.6. The first-order valence-electron chi connectivity index (χ1n) is 8.87. The summed E-state index contributed by atoms with van der Waals surface area (Å²) in [7, 11) is -0.266. The molecule has 0 bridgehead atoms. The van der Waals surface area contributed by atoms with E-state index in [0.29, 0.717) is 44.3 Å². The van der Waals surface area contributed by atoms with Crippen molar-refractivity contribution in [3.05, 3.63) is 30.2 Å². The van der Waals surface area contributed by atoms with Crippen molar-refractivity contribution < 1.29 is 22.3 Å². The van der Waals surface area contributed by atoms with Crippen LogP contribution in [0.4, 0.5) is 4.39 Å². The minimum Gasteiger partial charge on any atom is -0.473 e. The number of halogens is 1. The molecule has 0 unspecified atom stereocenters. The van der Waals surface area contributed by atoms with E-state index in [-0.39, 0.29) is 29.2 Å². The van der Waals surface area contributed by atoms with E-state index in [4.69, 9.17) is 4.74 Å². The first-order chi connectivity index (χ1) is 12.8. The van der Waals surface area contributed by atoms with E-state index in [9.17, 15) is 17.6 Å². The van der Waals surface area contributed by atoms with E-state index in [1.54, 1.807) is 19.0 Å². The van der Waals surface area contributed by atoms with Crippen molar-refractivity contribution in [2.45, 2.75) is 31.1 Å². The Morgan fingerprint density at radius 2 is 2.04 bits per heavy atom. The molecule has 7 nitrogen and oxygen atoms in total. The number of ether oxygens (including phenoxy) is 1. The molecule has 1 saturated heterocycles. The predicted octanol–water partition coefficient (Wildman–Crippen LogP) is 2.21. The standard InChI is InChI=1S/C18H26FN3O4S/c1-4-14(11-19)13-26-17-6-5-16(12-20-17)27(24,25)22-9-7-15(8-10-22)18(23)21(2)3/h5-6,11-12,15H,4,7-10,13H2,1-3H3/b14-11+. The molecule has 0 N–H and O–H groups in total. The average molecular weight is 399 g/mol. The van der Waals surface area contributed by atoms with E-state index >= 15 is 0 Å². The van der Waals surface area contributed by atoms with Gasteiger partial charge in [-0.2, -0.15) is 4.31 Å². The smallest absolute Gasteiger partial charge is 0.244 e. The van der Waals surface area contributed by atoms with Gasteiger partial charge in [0.1, 0.15) is 11.5 Å². The Bertz CT molecular complexity index is 770. The number of piperidine rings is 1. The van der Waals surface area contributed by atoms with Crippen molar-refractivity contribution >= 4 is 15.9 Å². The van der Waals surface area contributed by atoms with Gasteiger partial charge in [-0.15, -0.1) is 0 Å². The zero-order valence-electron chi connectivity index (χ0n) is 15.9. The van der Waals surface area contributed by atoms with E-state index in [1.165, 1.54) is 22.6 Å². The summed E-state index contributed by atoms with van der Waals surface area (Å²) in [5, 5.41) is 0. The van der Waals surface area contributed by atoms with Crippen molar-refractivity contribution in [1.82, 2.24) is 14.2 Å². The number of nitrogens with zero attached hydrogens (tertiary/aromatic N) is 3. The normalized spacial score (nSPS) is 17.0. The lowest BCUT2D eigenvalue weighted by Crippen LogP contribution is -2.42. The summed E-state index contributed by atoms with van der Waals surface area (Å²) in [5.74, 6) is 0.123. The predicted molar refractivity (Wildman–Crippen MR) is 99.4 cm³/mol. The number of aromatic nitrogens is 1. The maximum absolute atomic E-state index is 12.8. The Morgan fingerprint density at radius 1 is 1.37 bits per heavy atom. The molecule has 0 atom stereocenters. The molecule has 0 aromatic carbocycles. The van der Waals surface area contributed by atoms with Crippen molar-refractivity contribution in [3.63, 3.8) is 0 Å². The van der Waals surface area contributed by atoms with Crippen LogP contribution in [0, 0.1) is 5.92 Å². The van der Waals surface area contributed by atoms with Gasteiger partial charge in [-0.3, -0.25) is 4.79 Å². The molecule has 9 heteroatoms. The highest BCUT2D eigenvalue weighted by Gasteiger charge is 2.32. The molecule has 1 aromatic rings. The highest BCUT2D eigenvalue weighted by Crippen LogP contribution is 2.25. The van der Waals surface area contributed by atoms with Crippen LogP contribution in [0.25, 0.3) is 0 Å². The fraction of sp³-hybridized carbons (Fsp3) is 0.556. The Morgan fingerprint density at radius 3 is 2.52 bits per heavy atom. The third kappa shape index (κ3) is 5.26. The van der Waals surface area contributed by atoms with E-state index in [0.717, 1.165) is 0 Å². The minimum atomic E-state index is -3.67. The number of rotatable bonds is 7. The number of pyridine rings is 1. The molecule has 0 saturated carbocycles. The summed E-state index contributed by atoms with van der Waals surface area (Å²) in [6.45, 7) is 2.48. The van der Waals surface area contributed by atoms with Crippen molar-refractivity contribution in [2.24, 2.45) is 5.92 Å². The molecule has 27 heavy (non-hydrogen) atoms. The van der Waals surface area contributed by atoms with E-state index in [1.807, 2.05) is 6.92 Å². The Hall–Kier alpha value is -2.00. The molecule has 1 amide bonds. The van der Waals surface area contributed by atoms with Gasteiger partial charge in [-0.1, -0.05) is 6.92 Å². The number of amides is 1. The number of hydrogen-bond acceptors (Lipinski definition) is 5. The molecule has 1 aliphatic heterocycles. The van der Waals surface area contributed by atoms with Crippen LogP contribution in [0.15, 0.2) is 35.1 Å². The van der Waals surface area contributed by atoms with Crippen LogP contribution in [0.1, 0.15) is 26.2 Å². The van der Waals surface area contributed by atoms with E-state index < -0.39 is 10.0 Å². The third-order valence-corrected chi connectivity index (χ3v) is 6.49. The molecule has 1 fully saturated rings. The van der Waals surface area contributed by atoms with E-state index in [2.05, 4.69) is 4.98 Å². The van der Waals surface area contributed by atoms with Crippen molar-refractivity contribution in [3.8, 4) is 5.88 Å². The third-order valence-electron chi connectivity index (χ3n) is 4.60. The van der Waals surface area contributed by atoms with Crippen LogP contribution in [-0.4, -0.2) is 62.3 Å². The highest BCUT2D eigenvalue weighted by molar-refractivity contribution is 7.89. The highest BCUT2D eigenvalue weighted by atomic mass is 32.2. The maximum Gasteiger partial charge on any atom is 0.244 e. The summed E-state index contributed by atoms with van der Waals surface area (Å²) in [6, 6.07) is 2.89. The van der Waals surface area contributed by atoms with Crippen LogP contribution in [0.3, 0.4) is 0 Å². The topological polar surface area (TPSA) is 79.8 Å². The summed E-state index contributed by atoms with van der Waals surface area (Å²) >= 11 is 0. The lowest BCUT2D eigenvalue weighted by atomic mass is 9.97. The second kappa shape index (κ2) is 9.27. The molecular formula is C18H26FN3O4S. The first kappa shape index (κ1) is 21.3. The Labute approximate surface area is 159 Å². The summed E-state index contributed by atoms with van der Waals surface area (Å²) in [5.41, 5.74) is 0.489. The fourth-order valence-electron chi connectivity index (χ4n) is 2.84. The second-order valence-electron chi connectivity index (χ2n) is 6.65. The lowest BCUT2D eigenvalue weighted by Gasteiger charge is -2.31. The Balaban J connectivity index is 2.00. The molecule has 1 aliphatic rings. The van der Waals surface area contributed by atoms with Gasteiger partial charge in [0.05, 0.1) is 12.5 Å². The Kier molecular flexibility index (Phi) is 7.32. The number of sulfonamides is 1. The molecule has 2 rings (SSSR count). The monoisotopic (exact) mass is 399 g/mol. The van der Waals surface area contributed by atoms with Gasteiger partial charge >= 0.3 is 0 Å². The zero-order valence-corrected chi connectivity index (χ0v) is 16.7. The molecule has 0 aliphatic carbocycles. The van der Waals surface area contributed by atoms with Crippen molar-refractivity contribution in [1.29, 1.82) is 0 Å². The molecule has 2 heterocycles. The SMILES string of the molecule is CC/C(=C\F)COc1ccc(S(=O)(=O)N2CCC(C(=O)N(C)C)CC2)cn1. The van der Waals surface area contributed by atoms with Gasteiger partial charge in [0.15, 0.2) is 0 Å². The largest absolute Gasteiger partial charge is 0.473 e. The maximum atomic E-state index is 12.8. The molecule has 0 spiro atoms. The van der Waals surface area contributed by atoms with Crippen LogP contribution in [-0.2, 0) is 14.8 Å². The van der Waals surface area contributed by atoms with Gasteiger partial charge in [0.2, 0.25) is 21.8 Å². The van der Waals surface area contributed by atoms with Crippen LogP contribution >= 0.6 is 0 Å². The molecule has 1 aromatic heterocycles. The number of carbonyl (C=O) groups excluding carboxylic acids is 1. The fourth-order valence-corrected chi connectivity index (χ4v) is 4.25. The van der Waals surface area contributed by atoms with Gasteiger partial charge in [0, 0.05) is 39.2 Å². The lowest BCUT2D eigenvalue weighted by molar-refractivity contribution is -0.134. The van der Waals surface area contributed by atoms with Crippen LogP contribution in [0.2, 0.25) is 0 Å². The summed E-state index contributed by atoms with van der Waals surface area (Å²) < 4.78 is 44.8. The molecule has 0 radical (unpaired) electrons. The van der Waals surface area contributed by atoms with Crippen LogP contribution < -0.4 is 4.74 Å². The second-order valence-corrected chi connectivity index (χ2v) is 8.59. The molecular weight excluding hydrogens is 373 g/mol. The van der Waals surface area contributed by atoms with Crippen molar-refractivity contribution in [2.75, 3.05) is 33.8 Å². The zero-order chi connectivity index (χ0) is 20.0. The molecule has 150 valence electrons. The van der Waals surface area contributed by atoms with Gasteiger partial charge < -0.3 is 9.64 Å². The average Bonchev–Trinajstić information content (AvgIpc) is 2.68. The van der Waals surface area contributed by atoms with Crippen LogP contribution in [0.5, 0.6) is 5.88 Å². The van der Waals surface area contributed by atoms with Gasteiger partial charge in [-0.25, -0.2) is 17.8 Å². The van der Waals surface area contributed by atoms with Gasteiger partial charge in [0.25, 0.3) is 0 Å².